The van der Waals surface area contributed by atoms with E-state index < -0.39 is 0 Å². The van der Waals surface area contributed by atoms with E-state index in [1.54, 1.807) is 0 Å². The molecular formula is C14H18ClNO2. The van der Waals surface area contributed by atoms with Crippen molar-refractivity contribution in [3.8, 4) is 11.5 Å². The first-order valence-corrected chi connectivity index (χ1v) is 7.05. The quantitative estimate of drug-likeness (QED) is 0.847. The summed E-state index contributed by atoms with van der Waals surface area (Å²) in [6.07, 6.45) is 4.50. The largest absolute Gasteiger partial charge is 0.490 e. The number of piperidine rings is 1. The summed E-state index contributed by atoms with van der Waals surface area (Å²) in [5.41, 5.74) is 1.08. The van der Waals surface area contributed by atoms with Gasteiger partial charge in [-0.05, 0) is 31.5 Å². The number of nitrogens with one attached hydrogen (secondary N) is 1. The smallest absolute Gasteiger partial charge is 0.167 e. The zero-order chi connectivity index (χ0) is 12.4. The normalized spacial score (nSPS) is 23.5. The molecule has 2 heterocycles. The van der Waals surface area contributed by atoms with Gasteiger partial charge < -0.3 is 14.8 Å². The third-order valence-electron chi connectivity index (χ3n) is 3.56. The van der Waals surface area contributed by atoms with Crippen LogP contribution in [0.15, 0.2) is 12.1 Å². The van der Waals surface area contributed by atoms with Crippen LogP contribution >= 0.6 is 11.6 Å². The number of rotatable bonds is 1. The van der Waals surface area contributed by atoms with Crippen LogP contribution in [-0.4, -0.2) is 19.8 Å². The van der Waals surface area contributed by atoms with Gasteiger partial charge in [-0.1, -0.05) is 18.0 Å². The molecule has 0 amide bonds. The highest BCUT2D eigenvalue weighted by Gasteiger charge is 2.25. The Morgan fingerprint density at radius 3 is 2.83 bits per heavy atom. The fourth-order valence-corrected chi connectivity index (χ4v) is 2.94. The standard InChI is InChI=1S/C14H18ClNO2/c15-10-5-6-12-14(18-9-3-8-17-12)13(10)11-4-1-2-7-16-11/h5-6,11,16H,1-4,7-9H2. The number of ether oxygens (including phenoxy) is 2. The van der Waals surface area contributed by atoms with Gasteiger partial charge in [-0.25, -0.2) is 0 Å². The van der Waals surface area contributed by atoms with E-state index >= 15 is 0 Å². The first-order valence-electron chi connectivity index (χ1n) is 6.67. The molecule has 1 atom stereocenters. The molecule has 0 spiro atoms. The molecule has 1 unspecified atom stereocenters. The van der Waals surface area contributed by atoms with Crippen LogP contribution in [0.4, 0.5) is 0 Å². The van der Waals surface area contributed by atoms with E-state index in [1.165, 1.54) is 12.8 Å². The summed E-state index contributed by atoms with van der Waals surface area (Å²) in [6.45, 7) is 2.46. The molecule has 4 heteroatoms. The van der Waals surface area contributed by atoms with Crippen molar-refractivity contribution in [1.29, 1.82) is 0 Å². The van der Waals surface area contributed by atoms with Gasteiger partial charge in [-0.3, -0.25) is 0 Å². The maximum atomic E-state index is 6.37. The Labute approximate surface area is 112 Å². The van der Waals surface area contributed by atoms with Crippen molar-refractivity contribution in [2.24, 2.45) is 0 Å². The van der Waals surface area contributed by atoms with Crippen molar-refractivity contribution in [1.82, 2.24) is 5.32 Å². The van der Waals surface area contributed by atoms with E-state index in [0.29, 0.717) is 19.3 Å². The molecule has 0 bridgehead atoms. The topological polar surface area (TPSA) is 30.5 Å². The molecule has 0 aliphatic carbocycles. The third-order valence-corrected chi connectivity index (χ3v) is 3.89. The molecule has 98 valence electrons. The zero-order valence-electron chi connectivity index (χ0n) is 10.4. The molecule has 18 heavy (non-hydrogen) atoms. The molecule has 0 saturated carbocycles. The lowest BCUT2D eigenvalue weighted by molar-refractivity contribution is 0.293. The maximum Gasteiger partial charge on any atom is 0.167 e. The Balaban J connectivity index is 2.00. The van der Waals surface area contributed by atoms with E-state index in [4.69, 9.17) is 21.1 Å². The second kappa shape index (κ2) is 5.37. The van der Waals surface area contributed by atoms with E-state index in [-0.39, 0.29) is 0 Å². The summed E-state index contributed by atoms with van der Waals surface area (Å²) in [6, 6.07) is 4.12. The summed E-state index contributed by atoms with van der Waals surface area (Å²) >= 11 is 6.37. The average molecular weight is 268 g/mol. The predicted molar refractivity (Wildman–Crippen MR) is 71.7 cm³/mol. The highest BCUT2D eigenvalue weighted by Crippen LogP contribution is 2.42. The van der Waals surface area contributed by atoms with Crippen molar-refractivity contribution in [2.75, 3.05) is 19.8 Å². The van der Waals surface area contributed by atoms with Crippen LogP contribution < -0.4 is 14.8 Å². The van der Waals surface area contributed by atoms with Crippen LogP contribution in [0, 0.1) is 0 Å². The van der Waals surface area contributed by atoms with Gasteiger partial charge in [-0.15, -0.1) is 0 Å². The minimum Gasteiger partial charge on any atom is -0.490 e. The second-order valence-electron chi connectivity index (χ2n) is 4.84. The monoisotopic (exact) mass is 267 g/mol. The lowest BCUT2D eigenvalue weighted by Gasteiger charge is -2.27. The van der Waals surface area contributed by atoms with Crippen LogP contribution in [0.2, 0.25) is 5.02 Å². The number of fused-ring (bicyclic) bond motifs is 1. The zero-order valence-corrected chi connectivity index (χ0v) is 11.1. The Bertz CT molecular complexity index is 430. The molecule has 2 aliphatic heterocycles. The SMILES string of the molecule is Clc1ccc2c(c1C1CCCCN1)OCCCO2. The van der Waals surface area contributed by atoms with Gasteiger partial charge in [0.15, 0.2) is 11.5 Å². The molecule has 1 fully saturated rings. The molecule has 2 aliphatic rings. The number of hydrogen-bond donors (Lipinski definition) is 1. The van der Waals surface area contributed by atoms with E-state index in [2.05, 4.69) is 5.32 Å². The first kappa shape index (κ1) is 12.1. The first-order chi connectivity index (χ1) is 8.86. The summed E-state index contributed by atoms with van der Waals surface area (Å²) < 4.78 is 11.6. The molecule has 3 rings (SSSR count). The summed E-state index contributed by atoms with van der Waals surface area (Å²) in [5.74, 6) is 1.68. The van der Waals surface area contributed by atoms with Gasteiger partial charge in [0.2, 0.25) is 0 Å². The Kier molecular flexibility index (Phi) is 3.62. The van der Waals surface area contributed by atoms with Crippen molar-refractivity contribution >= 4 is 11.6 Å². The molecule has 1 saturated heterocycles. The second-order valence-corrected chi connectivity index (χ2v) is 5.25. The van der Waals surface area contributed by atoms with E-state index in [1.807, 2.05) is 12.1 Å². The van der Waals surface area contributed by atoms with Gasteiger partial charge >= 0.3 is 0 Å². The lowest BCUT2D eigenvalue weighted by atomic mass is 9.96. The molecule has 1 aromatic carbocycles. The minimum atomic E-state index is 0.294. The van der Waals surface area contributed by atoms with Crippen LogP contribution in [0.3, 0.4) is 0 Å². The summed E-state index contributed by atoms with van der Waals surface area (Å²) in [5, 5.41) is 4.30. The lowest BCUT2D eigenvalue weighted by Crippen LogP contribution is -2.27. The van der Waals surface area contributed by atoms with Gasteiger partial charge in [0.05, 0.1) is 13.2 Å². The molecule has 1 N–H and O–H groups in total. The fourth-order valence-electron chi connectivity index (χ4n) is 2.66. The van der Waals surface area contributed by atoms with Crippen molar-refractivity contribution in [3.63, 3.8) is 0 Å². The third kappa shape index (κ3) is 2.29. The fraction of sp³-hybridized carbons (Fsp3) is 0.571. The Hall–Kier alpha value is -0.930. The highest BCUT2D eigenvalue weighted by molar-refractivity contribution is 6.31. The molecule has 0 radical (unpaired) electrons. The van der Waals surface area contributed by atoms with Crippen molar-refractivity contribution < 1.29 is 9.47 Å². The predicted octanol–water partition coefficient (Wildman–Crippen LogP) is 3.32. The van der Waals surface area contributed by atoms with Crippen LogP contribution in [-0.2, 0) is 0 Å². The summed E-state index contributed by atoms with van der Waals surface area (Å²) in [4.78, 5) is 0. The average Bonchev–Trinajstić information content (AvgIpc) is 2.65. The Morgan fingerprint density at radius 1 is 1.11 bits per heavy atom. The minimum absolute atomic E-state index is 0.294. The maximum absolute atomic E-state index is 6.37. The summed E-state index contributed by atoms with van der Waals surface area (Å²) in [7, 11) is 0. The van der Waals surface area contributed by atoms with Crippen molar-refractivity contribution in [2.45, 2.75) is 31.7 Å². The molecule has 3 nitrogen and oxygen atoms in total. The Morgan fingerprint density at radius 2 is 2.00 bits per heavy atom. The molecule has 0 aromatic heterocycles. The molecule has 1 aromatic rings. The van der Waals surface area contributed by atoms with Gasteiger partial charge in [0.1, 0.15) is 0 Å². The number of benzene rings is 1. The molecular weight excluding hydrogens is 250 g/mol. The van der Waals surface area contributed by atoms with Crippen LogP contribution in [0.25, 0.3) is 0 Å². The van der Waals surface area contributed by atoms with Crippen LogP contribution in [0.1, 0.15) is 37.3 Å². The van der Waals surface area contributed by atoms with Gasteiger partial charge in [0, 0.05) is 23.0 Å². The highest BCUT2D eigenvalue weighted by atomic mass is 35.5. The van der Waals surface area contributed by atoms with Crippen molar-refractivity contribution in [3.05, 3.63) is 22.7 Å². The number of halogens is 1. The number of hydrogen-bond acceptors (Lipinski definition) is 3. The van der Waals surface area contributed by atoms with Gasteiger partial charge in [0.25, 0.3) is 0 Å². The van der Waals surface area contributed by atoms with Crippen LogP contribution in [0.5, 0.6) is 11.5 Å². The van der Waals surface area contributed by atoms with E-state index in [0.717, 1.165) is 41.5 Å². The van der Waals surface area contributed by atoms with E-state index in [9.17, 15) is 0 Å². The van der Waals surface area contributed by atoms with Gasteiger partial charge in [-0.2, -0.15) is 0 Å².